The van der Waals surface area contributed by atoms with Crippen molar-refractivity contribution in [1.82, 2.24) is 0 Å². The number of anilines is 1. The van der Waals surface area contributed by atoms with E-state index in [0.717, 1.165) is 5.56 Å². The second kappa shape index (κ2) is 5.85. The molecule has 0 saturated carbocycles. The van der Waals surface area contributed by atoms with Crippen LogP contribution in [0.2, 0.25) is 0 Å². The molecule has 0 fully saturated rings. The van der Waals surface area contributed by atoms with Gasteiger partial charge >= 0.3 is 0 Å². The Hall–Kier alpha value is -2.89. The molecule has 3 rings (SSSR count). The monoisotopic (exact) mass is 300 g/mol. The molecule has 0 saturated heterocycles. The van der Waals surface area contributed by atoms with Crippen LogP contribution in [-0.2, 0) is 11.2 Å². The fourth-order valence-electron chi connectivity index (χ4n) is 2.35. The number of fused-ring (bicyclic) bond motifs is 1. The van der Waals surface area contributed by atoms with Crippen LogP contribution in [0.25, 0.3) is 0 Å². The zero-order chi connectivity index (χ0) is 15.5. The predicted molar refractivity (Wildman–Crippen MR) is 78.5 cm³/mol. The molecule has 2 aromatic rings. The smallest absolute Gasteiger partial charge is 0.243 e. The highest BCUT2D eigenvalue weighted by atomic mass is 19.1. The van der Waals surface area contributed by atoms with Crippen LogP contribution in [-0.4, -0.2) is 17.0 Å². The highest BCUT2D eigenvalue weighted by Gasteiger charge is 2.33. The largest absolute Gasteiger partial charge is 0.439 e. The summed E-state index contributed by atoms with van der Waals surface area (Å²) in [6, 6.07) is 12.8. The van der Waals surface area contributed by atoms with Crippen LogP contribution < -0.4 is 10.1 Å². The molecule has 1 heterocycles. The molecule has 5 nitrogen and oxygen atoms in total. The zero-order valence-electron chi connectivity index (χ0n) is 11.5. The molecule has 1 amide bonds. The molecule has 22 heavy (non-hydrogen) atoms. The summed E-state index contributed by atoms with van der Waals surface area (Å²) in [6.45, 7) is 0. The molecule has 0 bridgehead atoms. The number of nitrogens with one attached hydrogen (secondary N) is 1. The highest BCUT2D eigenvalue weighted by molar-refractivity contribution is 6.07. The summed E-state index contributed by atoms with van der Waals surface area (Å²) in [5, 5.41) is 14.7. The first-order valence-electron chi connectivity index (χ1n) is 6.71. The molecule has 0 spiro atoms. The minimum absolute atomic E-state index is 0.0763. The van der Waals surface area contributed by atoms with Crippen molar-refractivity contribution in [3.63, 3.8) is 0 Å². The van der Waals surface area contributed by atoms with Crippen molar-refractivity contribution >= 4 is 17.5 Å². The van der Waals surface area contributed by atoms with Crippen LogP contribution in [0.4, 0.5) is 10.1 Å². The average Bonchev–Trinajstić information content (AvgIpc) is 2.53. The van der Waals surface area contributed by atoms with Gasteiger partial charge in [0.1, 0.15) is 17.5 Å². The SMILES string of the molecule is O=C(Nc1cccc(F)c1)C1Cc2ccccc2OC1=NO. The number of amides is 1. The van der Waals surface area contributed by atoms with Crippen molar-refractivity contribution in [2.24, 2.45) is 11.1 Å². The van der Waals surface area contributed by atoms with Gasteiger partial charge in [-0.15, -0.1) is 0 Å². The number of benzene rings is 2. The van der Waals surface area contributed by atoms with E-state index in [4.69, 9.17) is 9.94 Å². The lowest BCUT2D eigenvalue weighted by Crippen LogP contribution is -2.37. The number of oxime groups is 1. The molecule has 1 unspecified atom stereocenters. The molecule has 0 aliphatic carbocycles. The lowest BCUT2D eigenvalue weighted by atomic mass is 9.95. The third-order valence-corrected chi connectivity index (χ3v) is 3.42. The minimum Gasteiger partial charge on any atom is -0.439 e. The van der Waals surface area contributed by atoms with Gasteiger partial charge < -0.3 is 15.3 Å². The van der Waals surface area contributed by atoms with Crippen molar-refractivity contribution in [3.8, 4) is 5.75 Å². The summed E-state index contributed by atoms with van der Waals surface area (Å²) in [7, 11) is 0. The van der Waals surface area contributed by atoms with E-state index in [1.165, 1.54) is 18.2 Å². The third kappa shape index (κ3) is 2.76. The first-order valence-corrected chi connectivity index (χ1v) is 6.71. The van der Waals surface area contributed by atoms with Crippen molar-refractivity contribution < 1.29 is 19.1 Å². The third-order valence-electron chi connectivity index (χ3n) is 3.42. The van der Waals surface area contributed by atoms with Crippen molar-refractivity contribution in [3.05, 3.63) is 59.9 Å². The van der Waals surface area contributed by atoms with Gasteiger partial charge in [0.05, 0.1) is 0 Å². The average molecular weight is 300 g/mol. The Labute approximate surface area is 126 Å². The number of carbonyl (C=O) groups is 1. The first-order chi connectivity index (χ1) is 10.7. The molecule has 1 aliphatic heterocycles. The van der Waals surface area contributed by atoms with Gasteiger partial charge in [-0.3, -0.25) is 4.79 Å². The zero-order valence-corrected chi connectivity index (χ0v) is 11.5. The summed E-state index contributed by atoms with van der Waals surface area (Å²) in [5.74, 6) is -1.16. The van der Waals surface area contributed by atoms with E-state index < -0.39 is 17.6 Å². The number of carbonyl (C=O) groups excluding carboxylic acids is 1. The number of hydrogen-bond donors (Lipinski definition) is 2. The van der Waals surface area contributed by atoms with Crippen molar-refractivity contribution in [2.45, 2.75) is 6.42 Å². The van der Waals surface area contributed by atoms with Crippen molar-refractivity contribution in [1.29, 1.82) is 0 Å². The van der Waals surface area contributed by atoms with E-state index in [1.54, 1.807) is 18.2 Å². The molecular formula is C16H13FN2O3. The Morgan fingerprint density at radius 2 is 2.09 bits per heavy atom. The quantitative estimate of drug-likeness (QED) is 0.662. The van der Waals surface area contributed by atoms with Gasteiger partial charge in [-0.05, 0) is 36.2 Å². The normalized spacial score (nSPS) is 18.4. The number of rotatable bonds is 2. The lowest BCUT2D eigenvalue weighted by molar-refractivity contribution is -0.118. The van der Waals surface area contributed by atoms with Crippen LogP contribution in [0.1, 0.15) is 5.56 Å². The molecule has 2 aromatic carbocycles. The molecule has 0 aromatic heterocycles. The molecule has 1 aliphatic rings. The number of halogens is 1. The molecule has 112 valence electrons. The maximum Gasteiger partial charge on any atom is 0.243 e. The van der Waals surface area contributed by atoms with E-state index in [9.17, 15) is 9.18 Å². The second-order valence-electron chi connectivity index (χ2n) is 4.90. The Kier molecular flexibility index (Phi) is 3.74. The van der Waals surface area contributed by atoms with Crippen LogP contribution >= 0.6 is 0 Å². The summed E-state index contributed by atoms with van der Waals surface area (Å²) in [6.07, 6.45) is 0.344. The first kappa shape index (κ1) is 14.1. The number of ether oxygens (including phenoxy) is 1. The van der Waals surface area contributed by atoms with Gasteiger partial charge in [0.25, 0.3) is 0 Å². The Morgan fingerprint density at radius 1 is 1.27 bits per heavy atom. The number of para-hydroxylation sites is 1. The molecule has 1 atom stereocenters. The van der Waals surface area contributed by atoms with Gasteiger partial charge in [0.2, 0.25) is 11.8 Å². The Bertz CT molecular complexity index is 746. The van der Waals surface area contributed by atoms with Gasteiger partial charge in [0.15, 0.2) is 0 Å². The standard InChI is InChI=1S/C16H13FN2O3/c17-11-5-3-6-12(9-11)18-15(20)13-8-10-4-1-2-7-14(10)22-16(13)19-21/h1-7,9,13,21H,8H2,(H,18,20). The van der Waals surface area contributed by atoms with Crippen LogP contribution in [0.15, 0.2) is 53.7 Å². The van der Waals surface area contributed by atoms with E-state index in [0.29, 0.717) is 17.9 Å². The van der Waals surface area contributed by atoms with E-state index in [-0.39, 0.29) is 5.90 Å². The number of nitrogens with zero attached hydrogens (tertiary/aromatic N) is 1. The lowest BCUT2D eigenvalue weighted by Gasteiger charge is -2.24. The van der Waals surface area contributed by atoms with Gasteiger partial charge in [-0.2, -0.15) is 0 Å². The Balaban J connectivity index is 1.82. The van der Waals surface area contributed by atoms with Gasteiger partial charge in [-0.1, -0.05) is 29.4 Å². The predicted octanol–water partition coefficient (Wildman–Crippen LogP) is 2.80. The van der Waals surface area contributed by atoms with Gasteiger partial charge in [-0.25, -0.2) is 4.39 Å². The van der Waals surface area contributed by atoms with Crippen LogP contribution in [0.5, 0.6) is 5.75 Å². The molecule has 6 heteroatoms. The maximum absolute atomic E-state index is 13.2. The Morgan fingerprint density at radius 3 is 2.86 bits per heavy atom. The maximum atomic E-state index is 13.2. The summed E-state index contributed by atoms with van der Waals surface area (Å²) in [4.78, 5) is 12.4. The highest BCUT2D eigenvalue weighted by Crippen LogP contribution is 2.29. The molecule has 2 N–H and O–H groups in total. The summed E-state index contributed by atoms with van der Waals surface area (Å²) >= 11 is 0. The summed E-state index contributed by atoms with van der Waals surface area (Å²) in [5.41, 5.74) is 1.18. The minimum atomic E-state index is -0.775. The van der Waals surface area contributed by atoms with E-state index >= 15 is 0 Å². The summed E-state index contributed by atoms with van der Waals surface area (Å²) < 4.78 is 18.6. The van der Waals surface area contributed by atoms with E-state index in [2.05, 4.69) is 10.5 Å². The number of hydrogen-bond acceptors (Lipinski definition) is 4. The van der Waals surface area contributed by atoms with Crippen molar-refractivity contribution in [2.75, 3.05) is 5.32 Å². The topological polar surface area (TPSA) is 70.9 Å². The van der Waals surface area contributed by atoms with Gasteiger partial charge in [0, 0.05) is 5.69 Å². The van der Waals surface area contributed by atoms with Crippen LogP contribution in [0.3, 0.4) is 0 Å². The molecule has 0 radical (unpaired) electrons. The second-order valence-corrected chi connectivity index (χ2v) is 4.90. The fourth-order valence-corrected chi connectivity index (χ4v) is 2.35. The van der Waals surface area contributed by atoms with Crippen LogP contribution in [0, 0.1) is 11.7 Å². The molecular weight excluding hydrogens is 287 g/mol. The van der Waals surface area contributed by atoms with E-state index in [1.807, 2.05) is 12.1 Å². The fraction of sp³-hybridized carbons (Fsp3) is 0.125.